The van der Waals surface area contributed by atoms with Gasteiger partial charge in [0.25, 0.3) is 5.91 Å². The van der Waals surface area contributed by atoms with Gasteiger partial charge in [0.1, 0.15) is 5.69 Å². The summed E-state index contributed by atoms with van der Waals surface area (Å²) in [7, 11) is 0. The molecule has 1 aromatic carbocycles. The maximum atomic E-state index is 12.6. The molecule has 0 bridgehead atoms. The van der Waals surface area contributed by atoms with Crippen molar-refractivity contribution in [3.05, 3.63) is 41.6 Å². The first-order valence-corrected chi connectivity index (χ1v) is 9.19. The summed E-state index contributed by atoms with van der Waals surface area (Å²) in [6.07, 6.45) is 2.39. The van der Waals surface area contributed by atoms with E-state index in [1.807, 2.05) is 37.3 Å². The molecule has 1 saturated heterocycles. The van der Waals surface area contributed by atoms with Crippen molar-refractivity contribution in [2.75, 3.05) is 19.6 Å². The van der Waals surface area contributed by atoms with E-state index in [9.17, 15) is 4.79 Å². The number of hydrogen-bond donors (Lipinski definition) is 2. The second-order valence-corrected chi connectivity index (χ2v) is 7.25. The largest absolute Gasteiger partial charge is 0.350 e. The third-order valence-electron chi connectivity index (χ3n) is 5.12. The van der Waals surface area contributed by atoms with Crippen LogP contribution in [0.3, 0.4) is 0 Å². The Bertz CT molecular complexity index is 708. The molecule has 0 aliphatic carbocycles. The third-order valence-corrected chi connectivity index (χ3v) is 5.12. The zero-order valence-corrected chi connectivity index (χ0v) is 15.4. The summed E-state index contributed by atoms with van der Waals surface area (Å²) in [6.45, 7) is 9.38. The first-order valence-electron chi connectivity index (χ1n) is 9.19. The van der Waals surface area contributed by atoms with Gasteiger partial charge >= 0.3 is 0 Å². The molecule has 3 rings (SSSR count). The number of aromatic nitrogens is 2. The monoisotopic (exact) mass is 340 g/mol. The normalized spacial score (nSPS) is 18.5. The van der Waals surface area contributed by atoms with E-state index < -0.39 is 0 Å². The molecule has 2 aromatic rings. The molecule has 1 fully saturated rings. The molecule has 1 aromatic heterocycles. The van der Waals surface area contributed by atoms with Crippen molar-refractivity contribution < 1.29 is 4.79 Å². The number of aromatic amines is 1. The number of benzene rings is 1. The van der Waals surface area contributed by atoms with Gasteiger partial charge in [-0.25, -0.2) is 0 Å². The van der Waals surface area contributed by atoms with E-state index in [0.717, 1.165) is 29.9 Å². The molecular formula is C20H28N4O. The Morgan fingerprint density at radius 1 is 1.36 bits per heavy atom. The van der Waals surface area contributed by atoms with E-state index in [2.05, 4.69) is 34.3 Å². The lowest BCUT2D eigenvalue weighted by Gasteiger charge is -2.35. The molecule has 1 amide bonds. The summed E-state index contributed by atoms with van der Waals surface area (Å²) in [5.74, 6) is 0.464. The minimum Gasteiger partial charge on any atom is -0.350 e. The number of carbonyl (C=O) groups is 1. The summed E-state index contributed by atoms with van der Waals surface area (Å²) >= 11 is 0. The summed E-state index contributed by atoms with van der Waals surface area (Å²) in [5.41, 5.74) is 3.33. The molecule has 1 atom stereocenters. The highest BCUT2D eigenvalue weighted by Gasteiger charge is 2.23. The molecule has 0 unspecified atom stereocenters. The number of hydrogen-bond acceptors (Lipinski definition) is 3. The van der Waals surface area contributed by atoms with Crippen molar-refractivity contribution in [1.29, 1.82) is 0 Å². The molecule has 1 aliphatic rings. The van der Waals surface area contributed by atoms with E-state index in [-0.39, 0.29) is 5.91 Å². The number of H-pyrrole nitrogens is 1. The second kappa shape index (κ2) is 7.83. The maximum Gasteiger partial charge on any atom is 0.269 e. The van der Waals surface area contributed by atoms with Crippen LogP contribution >= 0.6 is 0 Å². The summed E-state index contributed by atoms with van der Waals surface area (Å²) < 4.78 is 0. The first kappa shape index (κ1) is 17.7. The van der Waals surface area contributed by atoms with Crippen LogP contribution in [0.5, 0.6) is 0 Å². The predicted molar refractivity (Wildman–Crippen MR) is 101 cm³/mol. The van der Waals surface area contributed by atoms with Crippen LogP contribution in [-0.4, -0.2) is 46.7 Å². The zero-order valence-electron chi connectivity index (χ0n) is 15.4. The highest BCUT2D eigenvalue weighted by Crippen LogP contribution is 2.23. The Morgan fingerprint density at radius 3 is 2.84 bits per heavy atom. The van der Waals surface area contributed by atoms with Crippen molar-refractivity contribution in [3.8, 4) is 11.3 Å². The summed E-state index contributed by atoms with van der Waals surface area (Å²) in [6, 6.07) is 10.5. The van der Waals surface area contributed by atoms with Gasteiger partial charge < -0.3 is 10.2 Å². The number of nitrogens with zero attached hydrogens (tertiary/aromatic N) is 2. The van der Waals surface area contributed by atoms with Crippen LogP contribution in [0, 0.1) is 12.8 Å². The SMILES string of the molecule is Cc1c(-c2ccccc2)n[nH]c1C(=O)NC[C@H]1CCCN(C(C)C)C1. The number of nitrogens with one attached hydrogen (secondary N) is 2. The highest BCUT2D eigenvalue weighted by atomic mass is 16.1. The van der Waals surface area contributed by atoms with Crippen molar-refractivity contribution >= 4 is 5.91 Å². The second-order valence-electron chi connectivity index (χ2n) is 7.25. The Labute approximate surface area is 149 Å². The van der Waals surface area contributed by atoms with Gasteiger partial charge in [-0.3, -0.25) is 9.89 Å². The molecule has 0 spiro atoms. The first-order chi connectivity index (χ1) is 12.1. The Balaban J connectivity index is 1.62. The average Bonchev–Trinajstić information content (AvgIpc) is 3.02. The molecule has 2 N–H and O–H groups in total. The fourth-order valence-corrected chi connectivity index (χ4v) is 3.55. The smallest absolute Gasteiger partial charge is 0.269 e. The number of likely N-dealkylation sites (tertiary alicyclic amines) is 1. The van der Waals surface area contributed by atoms with E-state index in [1.165, 1.54) is 19.4 Å². The molecular weight excluding hydrogens is 312 g/mol. The van der Waals surface area contributed by atoms with Gasteiger partial charge in [0.2, 0.25) is 0 Å². The molecule has 0 saturated carbocycles. The van der Waals surface area contributed by atoms with E-state index >= 15 is 0 Å². The van der Waals surface area contributed by atoms with Gasteiger partial charge in [0.05, 0.1) is 5.69 Å². The highest BCUT2D eigenvalue weighted by molar-refractivity contribution is 5.95. The predicted octanol–water partition coefficient (Wildman–Crippen LogP) is 3.24. The van der Waals surface area contributed by atoms with Crippen molar-refractivity contribution in [2.24, 2.45) is 5.92 Å². The van der Waals surface area contributed by atoms with Gasteiger partial charge in [-0.15, -0.1) is 0 Å². The average molecular weight is 340 g/mol. The molecule has 25 heavy (non-hydrogen) atoms. The zero-order chi connectivity index (χ0) is 17.8. The van der Waals surface area contributed by atoms with Crippen molar-refractivity contribution in [3.63, 3.8) is 0 Å². The lowest BCUT2D eigenvalue weighted by Crippen LogP contribution is -2.43. The topological polar surface area (TPSA) is 61.0 Å². The Hall–Kier alpha value is -2.14. The van der Waals surface area contributed by atoms with E-state index in [1.54, 1.807) is 0 Å². The fourth-order valence-electron chi connectivity index (χ4n) is 3.55. The number of amides is 1. The number of rotatable bonds is 5. The van der Waals surface area contributed by atoms with Gasteiger partial charge in [0.15, 0.2) is 0 Å². The maximum absolute atomic E-state index is 12.6. The molecule has 1 aliphatic heterocycles. The van der Waals surface area contributed by atoms with Crippen LogP contribution in [-0.2, 0) is 0 Å². The lowest BCUT2D eigenvalue weighted by molar-refractivity contribution is 0.0917. The van der Waals surface area contributed by atoms with Gasteiger partial charge in [-0.2, -0.15) is 5.10 Å². The van der Waals surface area contributed by atoms with Crippen LogP contribution in [0.15, 0.2) is 30.3 Å². The summed E-state index contributed by atoms with van der Waals surface area (Å²) in [5, 5.41) is 10.4. The Morgan fingerprint density at radius 2 is 2.12 bits per heavy atom. The standard InChI is InChI=1S/C20H28N4O/c1-14(2)24-11-7-8-16(13-24)12-21-20(25)19-15(3)18(22-23-19)17-9-5-4-6-10-17/h4-6,9-10,14,16H,7-8,11-13H2,1-3H3,(H,21,25)(H,22,23)/t16-/m1/s1. The molecule has 0 radical (unpaired) electrons. The molecule has 134 valence electrons. The van der Waals surface area contributed by atoms with Crippen LogP contribution in [0.1, 0.15) is 42.7 Å². The number of piperidine rings is 1. The van der Waals surface area contributed by atoms with Gasteiger partial charge in [0, 0.05) is 30.3 Å². The molecule has 5 heteroatoms. The van der Waals surface area contributed by atoms with Crippen molar-refractivity contribution in [1.82, 2.24) is 20.4 Å². The van der Waals surface area contributed by atoms with Crippen LogP contribution in [0.4, 0.5) is 0 Å². The van der Waals surface area contributed by atoms with Crippen LogP contribution in [0.25, 0.3) is 11.3 Å². The fraction of sp³-hybridized carbons (Fsp3) is 0.500. The minimum absolute atomic E-state index is 0.0612. The summed E-state index contributed by atoms with van der Waals surface area (Å²) in [4.78, 5) is 15.1. The minimum atomic E-state index is -0.0612. The Kier molecular flexibility index (Phi) is 5.53. The number of carbonyl (C=O) groups excluding carboxylic acids is 1. The van der Waals surface area contributed by atoms with E-state index in [4.69, 9.17) is 0 Å². The lowest BCUT2D eigenvalue weighted by atomic mass is 9.97. The molecule has 2 heterocycles. The van der Waals surface area contributed by atoms with Crippen molar-refractivity contribution in [2.45, 2.75) is 39.7 Å². The third kappa shape index (κ3) is 4.10. The van der Waals surface area contributed by atoms with Crippen LogP contribution in [0.2, 0.25) is 0 Å². The van der Waals surface area contributed by atoms with Crippen LogP contribution < -0.4 is 5.32 Å². The van der Waals surface area contributed by atoms with E-state index in [0.29, 0.717) is 17.7 Å². The van der Waals surface area contributed by atoms with Gasteiger partial charge in [-0.1, -0.05) is 30.3 Å². The van der Waals surface area contributed by atoms with Gasteiger partial charge in [-0.05, 0) is 46.1 Å². The quantitative estimate of drug-likeness (QED) is 0.878. The molecule has 5 nitrogen and oxygen atoms in total.